The van der Waals surface area contributed by atoms with E-state index in [1.807, 2.05) is 31.4 Å². The summed E-state index contributed by atoms with van der Waals surface area (Å²) in [7, 11) is 0. The molecule has 0 radical (unpaired) electrons. The number of thiophene rings is 1. The Morgan fingerprint density at radius 2 is 2.42 bits per heavy atom. The Bertz CT molecular complexity index is 406. The molecular formula is C14H22N2O2S. The Kier molecular flexibility index (Phi) is 4.96. The van der Waals surface area contributed by atoms with E-state index in [9.17, 15) is 9.90 Å². The van der Waals surface area contributed by atoms with Crippen molar-refractivity contribution in [3.05, 3.63) is 22.4 Å². The molecule has 0 bridgehead atoms. The average molecular weight is 282 g/mol. The molecule has 1 fully saturated rings. The van der Waals surface area contributed by atoms with E-state index in [1.54, 1.807) is 11.3 Å². The Morgan fingerprint density at radius 3 is 3.00 bits per heavy atom. The fourth-order valence-corrected chi connectivity index (χ4v) is 3.23. The molecule has 19 heavy (non-hydrogen) atoms. The highest BCUT2D eigenvalue weighted by Gasteiger charge is 2.27. The van der Waals surface area contributed by atoms with E-state index < -0.39 is 0 Å². The first-order valence-electron chi connectivity index (χ1n) is 6.79. The lowest BCUT2D eigenvalue weighted by Crippen LogP contribution is -2.37. The minimum atomic E-state index is -0.280. The Morgan fingerprint density at radius 1 is 1.63 bits per heavy atom. The summed E-state index contributed by atoms with van der Waals surface area (Å²) in [6, 6.07) is 4.10. The molecule has 1 aromatic rings. The molecule has 5 heteroatoms. The van der Waals surface area contributed by atoms with Crippen LogP contribution in [0.15, 0.2) is 17.5 Å². The van der Waals surface area contributed by atoms with Crippen LogP contribution in [0.4, 0.5) is 0 Å². The summed E-state index contributed by atoms with van der Waals surface area (Å²) >= 11 is 1.66. The zero-order valence-corrected chi connectivity index (χ0v) is 12.3. The summed E-state index contributed by atoms with van der Waals surface area (Å²) in [6.07, 6.45) is 0.698. The molecule has 3 unspecified atom stereocenters. The van der Waals surface area contributed by atoms with Gasteiger partial charge in [-0.2, -0.15) is 0 Å². The summed E-state index contributed by atoms with van der Waals surface area (Å²) in [6.45, 7) is 5.98. The number of aliphatic hydroxyl groups is 1. The van der Waals surface area contributed by atoms with Gasteiger partial charge >= 0.3 is 0 Å². The molecule has 1 aromatic heterocycles. The molecule has 4 nitrogen and oxygen atoms in total. The van der Waals surface area contributed by atoms with Crippen molar-refractivity contribution < 1.29 is 9.90 Å². The monoisotopic (exact) mass is 282 g/mol. The van der Waals surface area contributed by atoms with Crippen molar-refractivity contribution in [3.63, 3.8) is 0 Å². The lowest BCUT2D eigenvalue weighted by Gasteiger charge is -2.18. The Balaban J connectivity index is 1.76. The van der Waals surface area contributed by atoms with Crippen LogP contribution in [-0.4, -0.2) is 41.7 Å². The molecule has 0 saturated carbocycles. The first kappa shape index (κ1) is 14.5. The van der Waals surface area contributed by atoms with Crippen LogP contribution in [0.1, 0.15) is 31.2 Å². The highest BCUT2D eigenvalue weighted by Crippen LogP contribution is 2.20. The summed E-state index contributed by atoms with van der Waals surface area (Å²) in [4.78, 5) is 15.3. The van der Waals surface area contributed by atoms with Gasteiger partial charge < -0.3 is 10.4 Å². The van der Waals surface area contributed by atoms with Crippen molar-refractivity contribution in [1.82, 2.24) is 10.2 Å². The standard InChI is InChI=1S/C14H22N2O2S/c1-10(13-4-3-7-19-13)15-14(18)9-16-6-5-12(8-16)11(2)17/h3-4,7,10-12,17H,5-6,8-9H2,1-2H3,(H,15,18). The van der Waals surface area contributed by atoms with E-state index in [0.717, 1.165) is 19.5 Å². The summed E-state index contributed by atoms with van der Waals surface area (Å²) < 4.78 is 0. The molecule has 106 valence electrons. The smallest absolute Gasteiger partial charge is 0.234 e. The van der Waals surface area contributed by atoms with Gasteiger partial charge in [-0.05, 0) is 44.2 Å². The zero-order valence-electron chi connectivity index (χ0n) is 11.5. The maximum atomic E-state index is 12.0. The van der Waals surface area contributed by atoms with Crippen molar-refractivity contribution in [3.8, 4) is 0 Å². The molecule has 0 aromatic carbocycles. The van der Waals surface area contributed by atoms with Crippen molar-refractivity contribution >= 4 is 17.2 Å². The first-order chi connectivity index (χ1) is 9.06. The van der Waals surface area contributed by atoms with Crippen LogP contribution in [0.5, 0.6) is 0 Å². The Labute approximate surface area is 118 Å². The number of carbonyl (C=O) groups is 1. The molecule has 1 aliphatic rings. The molecule has 0 aliphatic carbocycles. The SMILES string of the molecule is CC(NC(=O)CN1CCC(C(C)O)C1)c1cccs1. The number of hydrogen-bond acceptors (Lipinski definition) is 4. The summed E-state index contributed by atoms with van der Waals surface area (Å²) in [5.41, 5.74) is 0. The van der Waals surface area contributed by atoms with Crippen molar-refractivity contribution in [2.24, 2.45) is 5.92 Å². The number of aliphatic hydroxyl groups excluding tert-OH is 1. The van der Waals surface area contributed by atoms with Gasteiger partial charge in [0.05, 0.1) is 18.7 Å². The first-order valence-corrected chi connectivity index (χ1v) is 7.67. The van der Waals surface area contributed by atoms with Crippen LogP contribution in [0.25, 0.3) is 0 Å². The molecule has 1 aliphatic heterocycles. The molecule has 2 heterocycles. The number of nitrogens with zero attached hydrogens (tertiary/aromatic N) is 1. The zero-order chi connectivity index (χ0) is 13.8. The maximum Gasteiger partial charge on any atom is 0.234 e. The van der Waals surface area contributed by atoms with Gasteiger partial charge in [0.15, 0.2) is 0 Å². The third-order valence-electron chi connectivity index (χ3n) is 3.71. The third-order valence-corrected chi connectivity index (χ3v) is 4.76. The van der Waals surface area contributed by atoms with Gasteiger partial charge in [-0.25, -0.2) is 0 Å². The predicted octanol–water partition coefficient (Wildman–Crippen LogP) is 1.63. The summed E-state index contributed by atoms with van der Waals surface area (Å²) in [5, 5.41) is 14.6. The van der Waals surface area contributed by atoms with E-state index in [2.05, 4.69) is 10.2 Å². The van der Waals surface area contributed by atoms with Crippen LogP contribution in [0.2, 0.25) is 0 Å². The lowest BCUT2D eigenvalue weighted by atomic mass is 10.0. The summed E-state index contributed by atoms with van der Waals surface area (Å²) in [5.74, 6) is 0.370. The molecule has 3 atom stereocenters. The molecule has 1 amide bonds. The highest BCUT2D eigenvalue weighted by atomic mass is 32.1. The predicted molar refractivity (Wildman–Crippen MR) is 77.1 cm³/mol. The third kappa shape index (κ3) is 4.03. The number of hydrogen-bond donors (Lipinski definition) is 2. The van der Waals surface area contributed by atoms with Gasteiger partial charge in [0.25, 0.3) is 0 Å². The minimum Gasteiger partial charge on any atom is -0.393 e. The van der Waals surface area contributed by atoms with Crippen molar-refractivity contribution in [1.29, 1.82) is 0 Å². The van der Waals surface area contributed by atoms with Crippen LogP contribution in [-0.2, 0) is 4.79 Å². The van der Waals surface area contributed by atoms with Crippen LogP contribution < -0.4 is 5.32 Å². The van der Waals surface area contributed by atoms with Gasteiger partial charge in [-0.15, -0.1) is 11.3 Å². The maximum absolute atomic E-state index is 12.0. The quantitative estimate of drug-likeness (QED) is 0.863. The van der Waals surface area contributed by atoms with E-state index in [-0.39, 0.29) is 18.1 Å². The van der Waals surface area contributed by atoms with Crippen LogP contribution >= 0.6 is 11.3 Å². The molecule has 1 saturated heterocycles. The van der Waals surface area contributed by atoms with Gasteiger partial charge in [0.1, 0.15) is 0 Å². The number of amides is 1. The second-order valence-electron chi connectivity index (χ2n) is 5.33. The second-order valence-corrected chi connectivity index (χ2v) is 6.31. The fraction of sp³-hybridized carbons (Fsp3) is 0.643. The van der Waals surface area contributed by atoms with Gasteiger partial charge in [0, 0.05) is 11.4 Å². The molecule has 2 N–H and O–H groups in total. The van der Waals surface area contributed by atoms with E-state index in [0.29, 0.717) is 12.5 Å². The topological polar surface area (TPSA) is 52.6 Å². The highest BCUT2D eigenvalue weighted by molar-refractivity contribution is 7.10. The van der Waals surface area contributed by atoms with Gasteiger partial charge in [-0.3, -0.25) is 9.69 Å². The molecular weight excluding hydrogens is 260 g/mol. The van der Waals surface area contributed by atoms with Crippen LogP contribution in [0.3, 0.4) is 0 Å². The molecule has 0 spiro atoms. The number of likely N-dealkylation sites (tertiary alicyclic amines) is 1. The Hall–Kier alpha value is -0.910. The normalized spacial score (nSPS) is 23.2. The fourth-order valence-electron chi connectivity index (χ4n) is 2.50. The van der Waals surface area contributed by atoms with E-state index in [4.69, 9.17) is 0 Å². The molecule has 2 rings (SSSR count). The second kappa shape index (κ2) is 6.50. The largest absolute Gasteiger partial charge is 0.393 e. The van der Waals surface area contributed by atoms with Crippen molar-refractivity contribution in [2.45, 2.75) is 32.4 Å². The van der Waals surface area contributed by atoms with Crippen molar-refractivity contribution in [2.75, 3.05) is 19.6 Å². The van der Waals surface area contributed by atoms with Gasteiger partial charge in [-0.1, -0.05) is 6.07 Å². The lowest BCUT2D eigenvalue weighted by molar-refractivity contribution is -0.122. The number of nitrogens with one attached hydrogen (secondary N) is 1. The van der Waals surface area contributed by atoms with Crippen LogP contribution in [0, 0.1) is 5.92 Å². The van der Waals surface area contributed by atoms with E-state index >= 15 is 0 Å². The number of carbonyl (C=O) groups excluding carboxylic acids is 1. The van der Waals surface area contributed by atoms with Gasteiger partial charge in [0.2, 0.25) is 5.91 Å². The average Bonchev–Trinajstić information content (AvgIpc) is 2.98. The number of rotatable bonds is 5. The minimum absolute atomic E-state index is 0.0622. The van der Waals surface area contributed by atoms with E-state index in [1.165, 1.54) is 4.88 Å².